The molecule has 1 aliphatic heterocycles. The first-order chi connectivity index (χ1) is 9.83. The van der Waals surface area contributed by atoms with Crippen molar-refractivity contribution in [1.29, 1.82) is 0 Å². The first-order valence-corrected chi connectivity index (χ1v) is 6.80. The predicted molar refractivity (Wildman–Crippen MR) is 84.0 cm³/mol. The summed E-state index contributed by atoms with van der Waals surface area (Å²) in [6, 6.07) is 10.2. The summed E-state index contributed by atoms with van der Waals surface area (Å²) in [5.41, 5.74) is 2.30. The normalized spacial score (nSPS) is 21.4. The Labute approximate surface area is 119 Å². The fourth-order valence-electron chi connectivity index (χ4n) is 2.26. The molecule has 1 atom stereocenters. The molecule has 0 spiro atoms. The van der Waals surface area contributed by atoms with Gasteiger partial charge in [0.05, 0.1) is 0 Å². The van der Waals surface area contributed by atoms with Crippen molar-refractivity contribution >= 4 is 11.7 Å². The second-order valence-corrected chi connectivity index (χ2v) is 4.82. The number of hydrogen-bond donors (Lipinski definition) is 1. The quantitative estimate of drug-likeness (QED) is 0.874. The lowest BCUT2D eigenvalue weighted by molar-refractivity contribution is 0.776. The van der Waals surface area contributed by atoms with Crippen molar-refractivity contribution in [2.75, 3.05) is 0 Å². The highest BCUT2D eigenvalue weighted by atomic mass is 15.2. The van der Waals surface area contributed by atoms with Gasteiger partial charge in [0.25, 0.3) is 0 Å². The molecule has 0 saturated heterocycles. The summed E-state index contributed by atoms with van der Waals surface area (Å²) in [6.45, 7) is 1.98. The molecule has 0 amide bonds. The molecule has 1 unspecified atom stereocenters. The Kier molecular flexibility index (Phi) is 3.59. The molecule has 3 heteroatoms. The summed E-state index contributed by atoms with van der Waals surface area (Å²) in [7, 11) is 0. The number of amidine groups is 2. The third-order valence-corrected chi connectivity index (χ3v) is 3.27. The van der Waals surface area contributed by atoms with Crippen LogP contribution < -0.4 is 5.32 Å². The van der Waals surface area contributed by atoms with E-state index in [4.69, 9.17) is 4.99 Å². The molecule has 1 aliphatic carbocycles. The molecule has 0 saturated carbocycles. The molecule has 100 valence electrons. The highest BCUT2D eigenvalue weighted by molar-refractivity contribution is 6.10. The third kappa shape index (κ3) is 2.77. The molecular formula is C17H17N3. The van der Waals surface area contributed by atoms with Crippen molar-refractivity contribution in [2.45, 2.75) is 19.5 Å². The van der Waals surface area contributed by atoms with E-state index in [0.717, 1.165) is 23.7 Å². The Morgan fingerprint density at radius 1 is 1.05 bits per heavy atom. The van der Waals surface area contributed by atoms with E-state index >= 15 is 0 Å². The predicted octanol–water partition coefficient (Wildman–Crippen LogP) is 3.22. The van der Waals surface area contributed by atoms with E-state index < -0.39 is 0 Å². The van der Waals surface area contributed by atoms with Crippen LogP contribution in [0.3, 0.4) is 0 Å². The number of nitrogens with zero attached hydrogens (tertiary/aromatic N) is 2. The molecular weight excluding hydrogens is 246 g/mol. The second-order valence-electron chi connectivity index (χ2n) is 4.82. The van der Waals surface area contributed by atoms with Gasteiger partial charge in [-0.3, -0.25) is 0 Å². The van der Waals surface area contributed by atoms with E-state index in [0.29, 0.717) is 0 Å². The highest BCUT2D eigenvalue weighted by Crippen LogP contribution is 2.19. The van der Waals surface area contributed by atoms with Crippen LogP contribution >= 0.6 is 0 Å². The molecule has 1 aromatic carbocycles. The lowest BCUT2D eigenvalue weighted by Crippen LogP contribution is -2.35. The molecule has 20 heavy (non-hydrogen) atoms. The van der Waals surface area contributed by atoms with Gasteiger partial charge in [0.2, 0.25) is 0 Å². The van der Waals surface area contributed by atoms with Crippen molar-refractivity contribution in [3.63, 3.8) is 0 Å². The van der Waals surface area contributed by atoms with Crippen LogP contribution in [0.4, 0.5) is 0 Å². The van der Waals surface area contributed by atoms with Gasteiger partial charge in [-0.25, -0.2) is 9.98 Å². The van der Waals surface area contributed by atoms with E-state index in [1.807, 2.05) is 37.3 Å². The SMILES string of the molecule is CC1=NC(C2=CC=CC=CC2)N=C(c2ccccc2)N1. The molecule has 0 radical (unpaired) electrons. The molecule has 1 aromatic rings. The van der Waals surface area contributed by atoms with Gasteiger partial charge < -0.3 is 5.32 Å². The number of rotatable bonds is 2. The minimum Gasteiger partial charge on any atom is -0.329 e. The van der Waals surface area contributed by atoms with Crippen molar-refractivity contribution in [3.05, 3.63) is 71.8 Å². The lowest BCUT2D eigenvalue weighted by atomic mass is 10.1. The molecule has 0 fully saturated rings. The molecule has 0 bridgehead atoms. The van der Waals surface area contributed by atoms with E-state index in [1.165, 1.54) is 5.57 Å². The molecule has 1 N–H and O–H groups in total. The zero-order valence-corrected chi connectivity index (χ0v) is 11.5. The number of benzene rings is 1. The maximum Gasteiger partial charge on any atom is 0.166 e. The molecule has 3 rings (SSSR count). The molecule has 2 aliphatic rings. The summed E-state index contributed by atoms with van der Waals surface area (Å²) < 4.78 is 0. The van der Waals surface area contributed by atoms with Crippen molar-refractivity contribution in [1.82, 2.24) is 5.32 Å². The summed E-state index contributed by atoms with van der Waals surface area (Å²) in [5, 5.41) is 3.25. The van der Waals surface area contributed by atoms with E-state index in [1.54, 1.807) is 0 Å². The number of allylic oxidation sites excluding steroid dienone is 5. The maximum atomic E-state index is 4.75. The monoisotopic (exact) mass is 263 g/mol. The van der Waals surface area contributed by atoms with Crippen LogP contribution in [0.15, 0.2) is 76.3 Å². The summed E-state index contributed by atoms with van der Waals surface area (Å²) >= 11 is 0. The van der Waals surface area contributed by atoms with Gasteiger partial charge in [-0.15, -0.1) is 0 Å². The molecule has 3 nitrogen and oxygen atoms in total. The Bertz CT molecular complexity index is 633. The third-order valence-electron chi connectivity index (χ3n) is 3.27. The average molecular weight is 263 g/mol. The summed E-state index contributed by atoms with van der Waals surface area (Å²) in [6.07, 6.45) is 11.1. The number of hydrogen-bond acceptors (Lipinski definition) is 3. The Balaban J connectivity index is 1.93. The molecule has 1 heterocycles. The Hall–Kier alpha value is -2.42. The van der Waals surface area contributed by atoms with E-state index in [-0.39, 0.29) is 6.17 Å². The van der Waals surface area contributed by atoms with E-state index in [9.17, 15) is 0 Å². The van der Waals surface area contributed by atoms with Gasteiger partial charge >= 0.3 is 0 Å². The number of aliphatic imine (C=N–C) groups is 2. The summed E-state index contributed by atoms with van der Waals surface area (Å²) in [4.78, 5) is 9.36. The van der Waals surface area contributed by atoms with Crippen LogP contribution in [0.1, 0.15) is 18.9 Å². The van der Waals surface area contributed by atoms with Crippen molar-refractivity contribution in [3.8, 4) is 0 Å². The minimum atomic E-state index is -0.126. The van der Waals surface area contributed by atoms with Crippen LogP contribution in [0, 0.1) is 0 Å². The Morgan fingerprint density at radius 2 is 1.90 bits per heavy atom. The second kappa shape index (κ2) is 5.70. The van der Waals surface area contributed by atoms with Gasteiger partial charge in [0.1, 0.15) is 11.7 Å². The fraction of sp³-hybridized carbons (Fsp3) is 0.176. The van der Waals surface area contributed by atoms with Crippen LogP contribution in [0.2, 0.25) is 0 Å². The largest absolute Gasteiger partial charge is 0.329 e. The van der Waals surface area contributed by atoms with Crippen LogP contribution in [-0.4, -0.2) is 17.8 Å². The average Bonchev–Trinajstić information content (AvgIpc) is 2.77. The smallest absolute Gasteiger partial charge is 0.166 e. The standard InChI is InChI=1S/C17H17N3/c1-13-18-16(14-9-5-2-3-6-10-14)20-17(19-13)15-11-7-4-8-12-15/h2-9,11-12,16H,10H2,1H3,(H,18,19,20). The highest BCUT2D eigenvalue weighted by Gasteiger charge is 2.18. The molecule has 0 aromatic heterocycles. The number of nitrogens with one attached hydrogen (secondary N) is 1. The Morgan fingerprint density at radius 3 is 2.75 bits per heavy atom. The van der Waals surface area contributed by atoms with Crippen molar-refractivity contribution in [2.24, 2.45) is 9.98 Å². The van der Waals surface area contributed by atoms with Gasteiger partial charge in [0, 0.05) is 5.56 Å². The van der Waals surface area contributed by atoms with Crippen molar-refractivity contribution < 1.29 is 0 Å². The zero-order chi connectivity index (χ0) is 13.8. The van der Waals surface area contributed by atoms with Gasteiger partial charge in [-0.1, -0.05) is 60.7 Å². The fourth-order valence-corrected chi connectivity index (χ4v) is 2.26. The van der Waals surface area contributed by atoms with Gasteiger partial charge in [-0.05, 0) is 18.9 Å². The van der Waals surface area contributed by atoms with E-state index in [2.05, 4.69) is 40.7 Å². The van der Waals surface area contributed by atoms with Crippen LogP contribution in [0.5, 0.6) is 0 Å². The first kappa shape index (κ1) is 12.6. The van der Waals surface area contributed by atoms with Crippen LogP contribution in [0.25, 0.3) is 0 Å². The lowest BCUT2D eigenvalue weighted by Gasteiger charge is -2.21. The van der Waals surface area contributed by atoms with Gasteiger partial charge in [0.15, 0.2) is 6.17 Å². The zero-order valence-electron chi connectivity index (χ0n) is 11.5. The first-order valence-electron chi connectivity index (χ1n) is 6.80. The van der Waals surface area contributed by atoms with Crippen LogP contribution in [-0.2, 0) is 0 Å². The topological polar surface area (TPSA) is 36.8 Å². The minimum absolute atomic E-state index is 0.126. The van der Waals surface area contributed by atoms with Gasteiger partial charge in [-0.2, -0.15) is 0 Å². The summed E-state index contributed by atoms with van der Waals surface area (Å²) in [5.74, 6) is 1.79. The maximum absolute atomic E-state index is 4.75.